The van der Waals surface area contributed by atoms with Crippen LogP contribution in [0.25, 0.3) is 10.9 Å². The normalized spacial score (nSPS) is 11.2. The Morgan fingerprint density at radius 1 is 1.32 bits per heavy atom. The molecule has 0 saturated heterocycles. The van der Waals surface area contributed by atoms with Gasteiger partial charge in [-0.1, -0.05) is 13.3 Å². The van der Waals surface area contributed by atoms with E-state index in [0.29, 0.717) is 5.56 Å². The molecule has 0 radical (unpaired) electrons. The van der Waals surface area contributed by atoms with Crippen molar-refractivity contribution >= 4 is 16.9 Å². The molecule has 1 aromatic heterocycles. The number of aromatic nitrogens is 1. The Kier molecular flexibility index (Phi) is 3.65. The molecule has 0 aliphatic heterocycles. The Morgan fingerprint density at radius 3 is 2.58 bits per heavy atom. The van der Waals surface area contributed by atoms with Crippen LogP contribution >= 0.6 is 0 Å². The number of benzene rings is 1. The first kappa shape index (κ1) is 13.7. The average Bonchev–Trinajstić information content (AvgIpc) is 2.59. The largest absolute Gasteiger partial charge is 0.478 e. The number of aryl methyl sites for hydroxylation is 3. The molecule has 0 atom stereocenters. The molecule has 1 N–H and O–H groups in total. The minimum absolute atomic E-state index is 0.406. The molecule has 0 spiro atoms. The van der Waals surface area contributed by atoms with Gasteiger partial charge >= 0.3 is 5.97 Å². The number of hydrogen-bond donors (Lipinski definition) is 1. The minimum Gasteiger partial charge on any atom is -0.478 e. The van der Waals surface area contributed by atoms with Gasteiger partial charge in [-0.3, -0.25) is 0 Å². The van der Waals surface area contributed by atoms with E-state index in [1.54, 1.807) is 6.07 Å². The molecule has 0 fully saturated rings. The molecule has 102 valence electrons. The van der Waals surface area contributed by atoms with Crippen LogP contribution in [0.15, 0.2) is 12.1 Å². The Morgan fingerprint density at radius 2 is 2.00 bits per heavy atom. The van der Waals surface area contributed by atoms with E-state index in [1.165, 1.54) is 11.3 Å². The summed E-state index contributed by atoms with van der Waals surface area (Å²) in [6.45, 7) is 6.21. The summed E-state index contributed by atoms with van der Waals surface area (Å²) in [6.07, 6.45) is 3.30. The fraction of sp³-hybridized carbons (Fsp3) is 0.438. The van der Waals surface area contributed by atoms with Crippen molar-refractivity contribution < 1.29 is 9.90 Å². The van der Waals surface area contributed by atoms with Crippen LogP contribution in [0.5, 0.6) is 0 Å². The van der Waals surface area contributed by atoms with Crippen LogP contribution in [-0.4, -0.2) is 15.6 Å². The van der Waals surface area contributed by atoms with Crippen LogP contribution in [0, 0.1) is 13.8 Å². The predicted octanol–water partition coefficient (Wildman–Crippen LogP) is 3.84. The number of aromatic carboxylic acids is 1. The molecule has 0 aliphatic carbocycles. The zero-order valence-electron chi connectivity index (χ0n) is 12.1. The van der Waals surface area contributed by atoms with Crippen LogP contribution in [0.2, 0.25) is 0 Å². The van der Waals surface area contributed by atoms with E-state index in [-0.39, 0.29) is 0 Å². The first-order chi connectivity index (χ1) is 8.97. The highest BCUT2D eigenvalue weighted by Crippen LogP contribution is 2.30. The van der Waals surface area contributed by atoms with Gasteiger partial charge in [0.25, 0.3) is 0 Å². The summed E-state index contributed by atoms with van der Waals surface area (Å²) in [5, 5.41) is 10.5. The van der Waals surface area contributed by atoms with Crippen molar-refractivity contribution in [1.82, 2.24) is 4.57 Å². The lowest BCUT2D eigenvalue weighted by atomic mass is 10.0. The molecule has 3 heteroatoms. The van der Waals surface area contributed by atoms with Crippen LogP contribution < -0.4 is 0 Å². The van der Waals surface area contributed by atoms with E-state index < -0.39 is 5.97 Å². The number of hydrogen-bond acceptors (Lipinski definition) is 1. The third-order valence-electron chi connectivity index (χ3n) is 3.87. The molecule has 0 saturated carbocycles. The Hall–Kier alpha value is -1.77. The number of carboxylic acid groups (broad SMARTS) is 1. The van der Waals surface area contributed by atoms with Gasteiger partial charge < -0.3 is 9.67 Å². The van der Waals surface area contributed by atoms with Crippen LogP contribution in [0.4, 0.5) is 0 Å². The van der Waals surface area contributed by atoms with E-state index in [2.05, 4.69) is 19.9 Å². The molecule has 19 heavy (non-hydrogen) atoms. The Labute approximate surface area is 113 Å². The molecule has 1 aromatic carbocycles. The van der Waals surface area contributed by atoms with Crippen molar-refractivity contribution in [3.8, 4) is 0 Å². The van der Waals surface area contributed by atoms with E-state index >= 15 is 0 Å². The lowest BCUT2D eigenvalue weighted by Crippen LogP contribution is -2.02. The first-order valence-corrected chi connectivity index (χ1v) is 6.79. The Bertz CT molecular complexity index is 638. The molecule has 2 rings (SSSR count). The SMILES string of the molecule is CCCCc1c(C)n(C)c2c(C(=O)O)cc(C)cc12. The smallest absolute Gasteiger partial charge is 0.337 e. The van der Waals surface area contributed by atoms with Crippen molar-refractivity contribution in [1.29, 1.82) is 0 Å². The maximum atomic E-state index is 11.4. The molecule has 0 bridgehead atoms. The highest BCUT2D eigenvalue weighted by atomic mass is 16.4. The molecule has 0 unspecified atom stereocenters. The Balaban J connectivity index is 2.78. The zero-order valence-corrected chi connectivity index (χ0v) is 12.1. The van der Waals surface area contributed by atoms with Gasteiger partial charge in [0.15, 0.2) is 0 Å². The monoisotopic (exact) mass is 259 g/mol. The highest BCUT2D eigenvalue weighted by Gasteiger charge is 2.18. The van der Waals surface area contributed by atoms with Crippen molar-refractivity contribution in [2.24, 2.45) is 7.05 Å². The van der Waals surface area contributed by atoms with Crippen LogP contribution in [0.1, 0.15) is 46.9 Å². The highest BCUT2D eigenvalue weighted by molar-refractivity contribution is 6.04. The summed E-state index contributed by atoms with van der Waals surface area (Å²) in [6, 6.07) is 3.87. The zero-order chi connectivity index (χ0) is 14.2. The van der Waals surface area contributed by atoms with E-state index in [4.69, 9.17) is 0 Å². The van der Waals surface area contributed by atoms with Crippen LogP contribution in [-0.2, 0) is 13.5 Å². The number of fused-ring (bicyclic) bond motifs is 1. The summed E-state index contributed by atoms with van der Waals surface area (Å²) in [5.74, 6) is -0.851. The quantitative estimate of drug-likeness (QED) is 0.906. The fourth-order valence-electron chi connectivity index (χ4n) is 2.77. The molecule has 3 nitrogen and oxygen atoms in total. The van der Waals surface area contributed by atoms with Gasteiger partial charge in [-0.15, -0.1) is 0 Å². The summed E-state index contributed by atoms with van der Waals surface area (Å²) >= 11 is 0. The van der Waals surface area contributed by atoms with Gasteiger partial charge in [0, 0.05) is 18.1 Å². The maximum Gasteiger partial charge on any atom is 0.337 e. The molecular formula is C16H21NO2. The van der Waals surface area contributed by atoms with Gasteiger partial charge in [-0.25, -0.2) is 4.79 Å². The molecule has 0 aliphatic rings. The minimum atomic E-state index is -0.851. The molecular weight excluding hydrogens is 238 g/mol. The standard InChI is InChI=1S/C16H21NO2/c1-5-6-7-12-11(3)17(4)15-13(12)8-10(2)9-14(15)16(18)19/h8-9H,5-7H2,1-4H3,(H,18,19). The number of rotatable bonds is 4. The lowest BCUT2D eigenvalue weighted by Gasteiger charge is -2.04. The molecule has 1 heterocycles. The van der Waals surface area contributed by atoms with Gasteiger partial charge in [-0.2, -0.15) is 0 Å². The number of carboxylic acids is 1. The summed E-state index contributed by atoms with van der Waals surface area (Å²) < 4.78 is 2.02. The summed E-state index contributed by atoms with van der Waals surface area (Å²) in [5.41, 5.74) is 4.74. The number of carbonyl (C=O) groups is 1. The maximum absolute atomic E-state index is 11.4. The second-order valence-electron chi connectivity index (χ2n) is 5.24. The lowest BCUT2D eigenvalue weighted by molar-refractivity contribution is 0.0698. The third kappa shape index (κ3) is 2.25. The average molecular weight is 259 g/mol. The van der Waals surface area contributed by atoms with Crippen LogP contribution in [0.3, 0.4) is 0 Å². The van der Waals surface area contributed by atoms with E-state index in [1.807, 2.05) is 18.5 Å². The molecule has 0 amide bonds. The van der Waals surface area contributed by atoms with Crippen molar-refractivity contribution in [3.05, 3.63) is 34.5 Å². The summed E-state index contributed by atoms with van der Waals surface area (Å²) in [4.78, 5) is 11.4. The van der Waals surface area contributed by atoms with E-state index in [9.17, 15) is 9.90 Å². The second-order valence-corrected chi connectivity index (χ2v) is 5.24. The van der Waals surface area contributed by atoms with Gasteiger partial charge in [0.1, 0.15) is 0 Å². The number of unbranched alkanes of at least 4 members (excludes halogenated alkanes) is 1. The fourth-order valence-corrected chi connectivity index (χ4v) is 2.77. The van der Waals surface area contributed by atoms with Crippen molar-refractivity contribution in [2.45, 2.75) is 40.0 Å². The summed E-state index contributed by atoms with van der Waals surface area (Å²) in [7, 11) is 1.95. The van der Waals surface area contributed by atoms with Gasteiger partial charge in [0.2, 0.25) is 0 Å². The molecule has 2 aromatic rings. The van der Waals surface area contributed by atoms with Gasteiger partial charge in [-0.05, 0) is 49.9 Å². The van der Waals surface area contributed by atoms with E-state index in [0.717, 1.165) is 35.7 Å². The predicted molar refractivity (Wildman–Crippen MR) is 78.0 cm³/mol. The second kappa shape index (κ2) is 5.08. The third-order valence-corrected chi connectivity index (χ3v) is 3.87. The number of nitrogens with zero attached hydrogens (tertiary/aromatic N) is 1. The van der Waals surface area contributed by atoms with Crippen molar-refractivity contribution in [2.75, 3.05) is 0 Å². The van der Waals surface area contributed by atoms with Gasteiger partial charge in [0.05, 0.1) is 11.1 Å². The topological polar surface area (TPSA) is 42.2 Å². The first-order valence-electron chi connectivity index (χ1n) is 6.79. The van der Waals surface area contributed by atoms with Crippen molar-refractivity contribution in [3.63, 3.8) is 0 Å².